The SMILES string of the molecule is CCCC(C(=O)C(=[N+]=[N-])C(=O)OC)c1ccccc1. The van der Waals surface area contributed by atoms with E-state index in [4.69, 9.17) is 5.53 Å². The molecule has 1 unspecified atom stereocenters. The fourth-order valence-corrected chi connectivity index (χ4v) is 1.88. The predicted molar refractivity (Wildman–Crippen MR) is 69.7 cm³/mol. The maximum atomic E-state index is 12.3. The van der Waals surface area contributed by atoms with Crippen LogP contribution in [0.5, 0.6) is 0 Å². The van der Waals surface area contributed by atoms with Crippen LogP contribution in [0, 0.1) is 0 Å². The molecule has 1 aromatic rings. The summed E-state index contributed by atoms with van der Waals surface area (Å²) in [5, 5.41) is 0. The molecule has 0 heterocycles. The topological polar surface area (TPSA) is 79.8 Å². The van der Waals surface area contributed by atoms with Crippen LogP contribution in [0.4, 0.5) is 0 Å². The summed E-state index contributed by atoms with van der Waals surface area (Å²) in [5.41, 5.74) is 9.05. The van der Waals surface area contributed by atoms with Crippen LogP contribution in [0.15, 0.2) is 30.3 Å². The Kier molecular flexibility index (Phi) is 5.64. The molecule has 5 nitrogen and oxygen atoms in total. The third kappa shape index (κ3) is 3.60. The highest BCUT2D eigenvalue weighted by Gasteiger charge is 2.36. The van der Waals surface area contributed by atoms with E-state index in [1.165, 1.54) is 0 Å². The van der Waals surface area contributed by atoms with E-state index in [1.807, 2.05) is 37.3 Å². The molecule has 1 atom stereocenters. The number of ether oxygens (including phenoxy) is 1. The van der Waals surface area contributed by atoms with E-state index in [2.05, 4.69) is 9.53 Å². The molecule has 19 heavy (non-hydrogen) atoms. The molecule has 0 N–H and O–H groups in total. The van der Waals surface area contributed by atoms with Crippen molar-refractivity contribution >= 4 is 17.5 Å². The van der Waals surface area contributed by atoms with Gasteiger partial charge in [0.05, 0.1) is 13.0 Å². The smallest absolute Gasteiger partial charge is 0.442 e. The van der Waals surface area contributed by atoms with Crippen molar-refractivity contribution < 1.29 is 19.1 Å². The predicted octanol–water partition coefficient (Wildman–Crippen LogP) is 1.98. The summed E-state index contributed by atoms with van der Waals surface area (Å²) in [4.78, 5) is 26.4. The second-order valence-corrected chi connectivity index (χ2v) is 4.06. The van der Waals surface area contributed by atoms with Crippen molar-refractivity contribution in [2.24, 2.45) is 0 Å². The molecule has 0 aliphatic carbocycles. The maximum Gasteiger partial charge on any atom is 0.442 e. The van der Waals surface area contributed by atoms with E-state index >= 15 is 0 Å². The van der Waals surface area contributed by atoms with Crippen molar-refractivity contribution in [3.05, 3.63) is 41.4 Å². The number of hydrogen-bond donors (Lipinski definition) is 0. The van der Waals surface area contributed by atoms with Gasteiger partial charge in [-0.25, -0.2) is 4.79 Å². The monoisotopic (exact) mass is 260 g/mol. The molecule has 0 spiro atoms. The molecule has 100 valence electrons. The summed E-state index contributed by atoms with van der Waals surface area (Å²) < 4.78 is 4.44. The molecule has 0 saturated carbocycles. The highest BCUT2D eigenvalue weighted by Crippen LogP contribution is 2.22. The van der Waals surface area contributed by atoms with E-state index in [-0.39, 0.29) is 0 Å². The highest BCUT2D eigenvalue weighted by atomic mass is 16.5. The van der Waals surface area contributed by atoms with Crippen LogP contribution in [-0.4, -0.2) is 29.4 Å². The van der Waals surface area contributed by atoms with Gasteiger partial charge in [-0.15, -0.1) is 0 Å². The Morgan fingerprint density at radius 3 is 2.42 bits per heavy atom. The van der Waals surface area contributed by atoms with E-state index in [1.54, 1.807) is 0 Å². The zero-order valence-corrected chi connectivity index (χ0v) is 11.0. The first-order chi connectivity index (χ1) is 9.15. The fraction of sp³-hybridized carbons (Fsp3) is 0.357. The highest BCUT2D eigenvalue weighted by molar-refractivity contribution is 6.63. The van der Waals surface area contributed by atoms with E-state index < -0.39 is 23.4 Å². The van der Waals surface area contributed by atoms with Crippen molar-refractivity contribution in [1.82, 2.24) is 0 Å². The molecular weight excluding hydrogens is 244 g/mol. The average Bonchev–Trinajstić information content (AvgIpc) is 2.46. The molecule has 1 aromatic carbocycles. The van der Waals surface area contributed by atoms with Gasteiger partial charge >= 0.3 is 11.7 Å². The second kappa shape index (κ2) is 7.24. The van der Waals surface area contributed by atoms with Crippen molar-refractivity contribution in [2.45, 2.75) is 25.7 Å². The van der Waals surface area contributed by atoms with Gasteiger partial charge in [0, 0.05) is 0 Å². The molecule has 0 aliphatic heterocycles. The molecular formula is C14H16N2O3. The lowest BCUT2D eigenvalue weighted by Crippen LogP contribution is -2.31. The van der Waals surface area contributed by atoms with Gasteiger partial charge < -0.3 is 10.3 Å². The second-order valence-electron chi connectivity index (χ2n) is 4.06. The summed E-state index contributed by atoms with van der Waals surface area (Å²) in [6.45, 7) is 1.94. The number of hydrogen-bond acceptors (Lipinski definition) is 3. The van der Waals surface area contributed by atoms with Crippen LogP contribution in [-0.2, 0) is 14.3 Å². The average molecular weight is 260 g/mol. The van der Waals surface area contributed by atoms with Crippen LogP contribution < -0.4 is 0 Å². The summed E-state index contributed by atoms with van der Waals surface area (Å²) in [7, 11) is 1.14. The third-order valence-corrected chi connectivity index (χ3v) is 2.81. The number of carbonyl (C=O) groups is 2. The quantitative estimate of drug-likeness (QED) is 0.258. The molecule has 0 bridgehead atoms. The normalized spacial score (nSPS) is 11.3. The molecule has 0 saturated heterocycles. The van der Waals surface area contributed by atoms with Crippen LogP contribution in [0.1, 0.15) is 31.2 Å². The molecule has 0 fully saturated rings. The minimum absolute atomic E-state index is 0.504. The summed E-state index contributed by atoms with van der Waals surface area (Å²) in [5.74, 6) is -1.96. The van der Waals surface area contributed by atoms with Crippen LogP contribution in [0.3, 0.4) is 0 Å². The first kappa shape index (κ1) is 14.8. The van der Waals surface area contributed by atoms with Gasteiger partial charge in [-0.3, -0.25) is 4.79 Å². The number of carbonyl (C=O) groups excluding carboxylic acids is 2. The van der Waals surface area contributed by atoms with Gasteiger partial charge in [0.25, 0.3) is 5.78 Å². The lowest BCUT2D eigenvalue weighted by molar-refractivity contribution is -0.140. The summed E-state index contributed by atoms with van der Waals surface area (Å²) in [6, 6.07) is 9.10. The Hall–Kier alpha value is -2.26. The molecule has 0 aliphatic rings. The van der Waals surface area contributed by atoms with Crippen molar-refractivity contribution in [2.75, 3.05) is 7.11 Å². The standard InChI is InChI=1S/C14H16N2O3/c1-3-7-11(10-8-5-4-6-9-10)13(17)12(16-15)14(18)19-2/h4-6,8-9,11H,3,7H2,1-2H3. The lowest BCUT2D eigenvalue weighted by Gasteiger charge is -2.12. The van der Waals surface area contributed by atoms with E-state index in [0.29, 0.717) is 6.42 Å². The Labute approximate surface area is 111 Å². The van der Waals surface area contributed by atoms with Crippen LogP contribution in [0.2, 0.25) is 0 Å². The molecule has 0 aromatic heterocycles. The van der Waals surface area contributed by atoms with E-state index in [0.717, 1.165) is 19.1 Å². The first-order valence-corrected chi connectivity index (χ1v) is 6.05. The van der Waals surface area contributed by atoms with Crippen molar-refractivity contribution in [3.8, 4) is 0 Å². The Balaban J connectivity index is 3.10. The number of rotatable bonds is 6. The number of Topliss-reactive ketones (excluding diaryl/α,β-unsaturated/α-hetero) is 1. The minimum Gasteiger partial charge on any atom is -0.460 e. The molecule has 1 rings (SSSR count). The van der Waals surface area contributed by atoms with Gasteiger partial charge in [-0.1, -0.05) is 43.7 Å². The Morgan fingerprint density at radius 1 is 1.32 bits per heavy atom. The number of benzene rings is 1. The lowest BCUT2D eigenvalue weighted by atomic mass is 9.88. The van der Waals surface area contributed by atoms with Gasteiger partial charge in [-0.05, 0) is 12.0 Å². The van der Waals surface area contributed by atoms with E-state index in [9.17, 15) is 9.59 Å². The van der Waals surface area contributed by atoms with Gasteiger partial charge in [0.2, 0.25) is 0 Å². The Morgan fingerprint density at radius 2 is 1.95 bits per heavy atom. The fourth-order valence-electron chi connectivity index (χ4n) is 1.88. The van der Waals surface area contributed by atoms with Gasteiger partial charge in [-0.2, -0.15) is 4.79 Å². The molecule has 5 heteroatoms. The van der Waals surface area contributed by atoms with Crippen molar-refractivity contribution in [3.63, 3.8) is 0 Å². The summed E-state index contributed by atoms with van der Waals surface area (Å²) in [6.07, 6.45) is 1.34. The van der Waals surface area contributed by atoms with Gasteiger partial charge in [0.1, 0.15) is 0 Å². The first-order valence-electron chi connectivity index (χ1n) is 6.05. The number of nitrogens with zero attached hydrogens (tertiary/aromatic N) is 2. The third-order valence-electron chi connectivity index (χ3n) is 2.81. The number of esters is 1. The summed E-state index contributed by atoms with van der Waals surface area (Å²) >= 11 is 0. The number of methoxy groups -OCH3 is 1. The van der Waals surface area contributed by atoms with Crippen LogP contribution >= 0.6 is 0 Å². The zero-order chi connectivity index (χ0) is 14.3. The number of ketones is 1. The largest absolute Gasteiger partial charge is 0.460 e. The Bertz CT molecular complexity index is 505. The molecule has 0 radical (unpaired) electrons. The van der Waals surface area contributed by atoms with Crippen LogP contribution in [0.25, 0.3) is 5.53 Å². The zero-order valence-electron chi connectivity index (χ0n) is 11.0. The molecule has 0 amide bonds. The van der Waals surface area contributed by atoms with Crippen molar-refractivity contribution in [1.29, 1.82) is 0 Å². The minimum atomic E-state index is -0.926. The van der Waals surface area contributed by atoms with Gasteiger partial charge in [0.15, 0.2) is 0 Å². The maximum absolute atomic E-state index is 12.3.